The minimum atomic E-state index is -2.25. The molecule has 0 radical (unpaired) electrons. The molecule has 0 amide bonds. The van der Waals surface area contributed by atoms with Gasteiger partial charge in [0.15, 0.2) is 29.2 Å². The van der Waals surface area contributed by atoms with E-state index in [4.69, 9.17) is 97.0 Å². The third-order valence-electron chi connectivity index (χ3n) is 14.8. The third-order valence-corrected chi connectivity index (χ3v) is 14.8. The van der Waals surface area contributed by atoms with Crippen LogP contribution in [-0.4, -0.2) is 292 Å². The van der Waals surface area contributed by atoms with E-state index in [0.29, 0.717) is 70.6 Å². The van der Waals surface area contributed by atoms with Crippen LogP contribution in [0.25, 0.3) is 0 Å². The minimum Gasteiger partial charge on any atom is -0.481 e. The Labute approximate surface area is 723 Å². The van der Waals surface area contributed by atoms with Gasteiger partial charge in [-0.2, -0.15) is 0 Å². The van der Waals surface area contributed by atoms with Gasteiger partial charge in [-0.15, -0.1) is 0 Å². The number of unbranched alkanes of at least 4 members (excludes halogenated alkanes) is 3. The Bertz CT molecular complexity index is 3420. The van der Waals surface area contributed by atoms with Crippen LogP contribution < -0.4 is 0 Å². The van der Waals surface area contributed by atoms with E-state index in [1.54, 1.807) is 6.92 Å². The summed E-state index contributed by atoms with van der Waals surface area (Å²) in [6.45, 7) is 22.2. The second-order valence-electron chi connectivity index (χ2n) is 27.1. The van der Waals surface area contributed by atoms with Crippen molar-refractivity contribution in [3.05, 3.63) is 24.3 Å². The van der Waals surface area contributed by atoms with Crippen molar-refractivity contribution in [2.45, 2.75) is 283 Å². The van der Waals surface area contributed by atoms with Gasteiger partial charge in [-0.3, -0.25) is 95.9 Å². The topological polar surface area (TPSA) is 862 Å². The molecule has 0 aromatic carbocycles. The number of carbonyl (C=O) groups excluding carboxylic acids is 14. The van der Waals surface area contributed by atoms with E-state index in [9.17, 15) is 134 Å². The molecule has 0 saturated heterocycles. The van der Waals surface area contributed by atoms with Crippen molar-refractivity contribution in [2.75, 3.05) is 0 Å². The Kier molecular flexibility index (Phi) is 87.7. The molecule has 6 unspecified atom stereocenters. The summed E-state index contributed by atoms with van der Waals surface area (Å²) in [6.07, 6.45) is 2.24. The number of carboxylic acid groups (broad SMARTS) is 14. The second-order valence-corrected chi connectivity index (χ2v) is 27.1. The number of aliphatic hydroxyl groups is 5. The first-order chi connectivity index (χ1) is 57.0. The first kappa shape index (κ1) is 139. The zero-order valence-electron chi connectivity index (χ0n) is 73.1. The van der Waals surface area contributed by atoms with Crippen LogP contribution >= 0.6 is 0 Å². The lowest BCUT2D eigenvalue weighted by molar-refractivity contribution is -0.165. The molecule has 19 N–H and O–H groups in total. The number of aliphatic carboxylic acids is 14. The quantitative estimate of drug-likeness (QED) is 0.0181. The summed E-state index contributed by atoms with van der Waals surface area (Å²) >= 11 is 0. The molecule has 47 heteroatoms. The van der Waals surface area contributed by atoms with Crippen molar-refractivity contribution in [3.8, 4) is 0 Å². The Morgan fingerprint density at radius 3 is 0.762 bits per heavy atom. The summed E-state index contributed by atoms with van der Waals surface area (Å²) in [5.74, 6) is -19.5. The highest BCUT2D eigenvalue weighted by Gasteiger charge is 2.54. The van der Waals surface area contributed by atoms with Gasteiger partial charge in [0, 0.05) is 64.0 Å². The molecule has 0 aromatic rings. The Hall–Kier alpha value is -12.8. The van der Waals surface area contributed by atoms with Gasteiger partial charge in [0.2, 0.25) is 5.78 Å². The first-order valence-corrected chi connectivity index (χ1v) is 36.9. The van der Waals surface area contributed by atoms with Crippen LogP contribution in [0, 0.1) is 22.2 Å². The molecule has 0 spiro atoms. The van der Waals surface area contributed by atoms with Crippen molar-refractivity contribution >= 4 is 165 Å². The van der Waals surface area contributed by atoms with Gasteiger partial charge in [-0.1, -0.05) is 12.8 Å². The monoisotopic (exact) mass is 1820 g/mol. The van der Waals surface area contributed by atoms with E-state index in [-0.39, 0.29) is 102 Å². The summed E-state index contributed by atoms with van der Waals surface area (Å²) in [6, 6.07) is 0. The Balaban J connectivity index is -0.000000112. The second kappa shape index (κ2) is 79.4. The number of Topliss-reactive ketones (excluding diaryl/α,β-unsaturated/α-hetero) is 12. The number of rotatable bonds is 41. The molecule has 2 fully saturated rings. The molecule has 0 bridgehead atoms. The fourth-order valence-corrected chi connectivity index (χ4v) is 6.32. The van der Waals surface area contributed by atoms with Crippen LogP contribution in [-0.2, 0) is 134 Å². The van der Waals surface area contributed by atoms with Crippen molar-refractivity contribution in [1.82, 2.24) is 0 Å². The predicted molar refractivity (Wildman–Crippen MR) is 430 cm³/mol. The van der Waals surface area contributed by atoms with E-state index >= 15 is 0 Å². The van der Waals surface area contributed by atoms with Gasteiger partial charge in [-0.05, 0) is 181 Å². The van der Waals surface area contributed by atoms with Crippen molar-refractivity contribution < 1.29 is 231 Å². The number of hydrogen-bond donors (Lipinski definition) is 19. The maximum atomic E-state index is 10.8. The van der Waals surface area contributed by atoms with Gasteiger partial charge >= 0.3 is 83.6 Å². The zero-order chi connectivity index (χ0) is 103. The van der Waals surface area contributed by atoms with E-state index in [1.807, 2.05) is 0 Å². The number of hydrogen-bond acceptors (Lipinski definition) is 33. The average Bonchev–Trinajstić information content (AvgIpc) is 1.64. The summed E-state index contributed by atoms with van der Waals surface area (Å²) in [5, 5.41) is 158. The molecular formula is C79H122O47. The molecule has 0 aromatic heterocycles. The molecular weight excluding hydrogens is 1700 g/mol. The number of carboxylic acids is 14. The lowest BCUT2D eigenvalue weighted by atomic mass is 9.66. The molecule has 2 saturated carbocycles. The van der Waals surface area contributed by atoms with Crippen molar-refractivity contribution in [1.29, 1.82) is 0 Å². The van der Waals surface area contributed by atoms with Gasteiger partial charge in [-0.25, -0.2) is 19.2 Å². The number of aliphatic hydroxyl groups excluding tert-OH is 5. The van der Waals surface area contributed by atoms with Crippen LogP contribution in [0.1, 0.15) is 253 Å². The number of ketones is 14. The van der Waals surface area contributed by atoms with Crippen molar-refractivity contribution in [2.24, 2.45) is 22.2 Å². The molecule has 720 valence electrons. The smallest absolute Gasteiger partial charge is 0.371 e. The highest BCUT2D eigenvalue weighted by atomic mass is 16.4. The molecule has 0 heterocycles. The van der Waals surface area contributed by atoms with E-state index < -0.39 is 160 Å². The van der Waals surface area contributed by atoms with Crippen LogP contribution in [0.2, 0.25) is 0 Å². The largest absolute Gasteiger partial charge is 0.481 e. The van der Waals surface area contributed by atoms with Gasteiger partial charge < -0.3 is 116 Å². The highest BCUT2D eigenvalue weighted by molar-refractivity contribution is 6.31. The van der Waals surface area contributed by atoms with Crippen LogP contribution in [0.4, 0.5) is 0 Å². The first-order valence-electron chi connectivity index (χ1n) is 36.9. The molecule has 2 rings (SSSR count). The standard InChI is InChI=1S/C8H14O3.C7H12O7.C7H10O3.C7H12O3.C6H8O3.2C6H10O3.C5H8O4.C5H8O3.2C5H6O3.C5H8O3.C4H6O3.C3H4O3/c1-7(9)5-3-2-4-6-8(10)11;1-2(8)3(9)4(10)5(11)6(12)7(13)14;1-5(8)7(6(9)10)3-2-4-7;1-6(8)4-2-3-5-7(9)10;1-4(7)6(2-3-6)5(8)9;1-4(7)6(2,3)5(8)9;1-5(7)3-2-4-6(8)9;1-3(6)4(7)2-5(8)9;3*1-4(6)2-3-5(7)8;1-3(4(2)6)5(7)8;1-3(5)2-4(6)7;1-2(4)3(5)6/h2-6H2,1H3,(H,10,11);3-6,9-12H,1H3,(H,13,14);2-4H2,1H3,(H,9,10);2-5H2,1H3,(H,9,10);2-3H2,1H3,(H,8,9);1-3H3,(H,8,9);2-4H2,1H3,(H,8,9);4,7H,2H2,1H3,(H,8,9);2-3H2,1H3,(H,7,8);2*2-3H,1H3,(H,7,8);3H,1-2H3,(H,7,8);2H2,1H3,(H,6,7);1H3,(H,5,6)/b;;;;;;;;;3-2+;3-2-;;;. The number of allylic oxidation sites excluding steroid dienone is 2. The Morgan fingerprint density at radius 2 is 0.627 bits per heavy atom. The fourth-order valence-electron chi connectivity index (χ4n) is 6.32. The molecule has 126 heavy (non-hydrogen) atoms. The zero-order valence-corrected chi connectivity index (χ0v) is 73.1. The number of carbonyl (C=O) groups is 28. The molecule has 6 atom stereocenters. The lowest BCUT2D eigenvalue weighted by Gasteiger charge is -2.34. The minimum absolute atomic E-state index is 0.0463. The van der Waals surface area contributed by atoms with E-state index in [1.165, 1.54) is 90.0 Å². The van der Waals surface area contributed by atoms with Crippen molar-refractivity contribution in [3.63, 3.8) is 0 Å². The molecule has 2 aliphatic carbocycles. The maximum absolute atomic E-state index is 10.8. The third kappa shape index (κ3) is 100. The van der Waals surface area contributed by atoms with Crippen LogP contribution in [0.15, 0.2) is 24.3 Å². The fraction of sp³-hybridized carbons (Fsp3) is 0.595. The maximum Gasteiger partial charge on any atom is 0.371 e. The molecule has 47 nitrogen and oxygen atoms in total. The van der Waals surface area contributed by atoms with Gasteiger partial charge in [0.25, 0.3) is 0 Å². The van der Waals surface area contributed by atoms with Crippen LogP contribution in [0.3, 0.4) is 0 Å². The normalized spacial score (nSPS) is 12.7. The van der Waals surface area contributed by atoms with Gasteiger partial charge in [0.1, 0.15) is 105 Å². The summed E-state index contributed by atoms with van der Waals surface area (Å²) in [4.78, 5) is 282. The summed E-state index contributed by atoms with van der Waals surface area (Å²) in [5.41, 5.74) is -3.19. The van der Waals surface area contributed by atoms with Crippen LogP contribution in [0.5, 0.6) is 0 Å². The summed E-state index contributed by atoms with van der Waals surface area (Å²) < 4.78 is 0. The lowest BCUT2D eigenvalue weighted by Crippen LogP contribution is -2.49. The SMILES string of the molecule is CC(=O)/C=C/C(=O)O.CC(=O)/C=C\C(=O)O.CC(=O)C(=O)O.CC(=O)C(C)(C)C(=O)O.CC(=O)C(C)C(=O)O.CC(=O)C(O)C(O)C(O)C(O)C(=O)O.CC(=O)C(O)CC(=O)O.CC(=O)C1(C(=O)O)CC1.CC(=O)C1(C(=O)O)CCC1.CC(=O)CC(=O)O.CC(=O)CCC(=O)O.CC(=O)CCCC(=O)O.CC(=O)CCCCC(=O)O.CC(=O)CCCCCC(=O)O. The average molecular weight is 1820 g/mol. The predicted octanol–water partition coefficient (Wildman–Crippen LogP) is 3.01. The Morgan fingerprint density at radius 1 is 0.325 bits per heavy atom. The van der Waals surface area contributed by atoms with E-state index in [2.05, 4.69) is 0 Å². The van der Waals surface area contributed by atoms with Gasteiger partial charge in [0.05, 0.1) is 12.8 Å². The molecule has 0 aliphatic heterocycles. The summed E-state index contributed by atoms with van der Waals surface area (Å²) in [7, 11) is 0. The van der Waals surface area contributed by atoms with E-state index in [0.717, 1.165) is 64.3 Å². The molecule has 2 aliphatic rings. The highest BCUT2D eigenvalue weighted by Crippen LogP contribution is 2.46.